The summed E-state index contributed by atoms with van der Waals surface area (Å²) < 4.78 is 0. The first-order valence-corrected chi connectivity index (χ1v) is 7.96. The molecule has 1 saturated carbocycles. The minimum Gasteiger partial charge on any atom is -0.388 e. The summed E-state index contributed by atoms with van der Waals surface area (Å²) in [6, 6.07) is 10.0. The number of urea groups is 1. The summed E-state index contributed by atoms with van der Waals surface area (Å²) in [5, 5.41) is 15.9. The van der Waals surface area contributed by atoms with Gasteiger partial charge in [-0.1, -0.05) is 43.2 Å². The Bertz CT molecular complexity index is 470. The minimum atomic E-state index is -0.711. The van der Waals surface area contributed by atoms with E-state index in [4.69, 9.17) is 0 Å². The number of nitrogens with one attached hydrogen (secondary N) is 2. The van der Waals surface area contributed by atoms with E-state index < -0.39 is 5.60 Å². The predicted octanol–water partition coefficient (Wildman–Crippen LogP) is 1.89. The van der Waals surface area contributed by atoms with E-state index in [1.54, 1.807) is 0 Å². The molecule has 0 spiro atoms. The highest BCUT2D eigenvalue weighted by Crippen LogP contribution is 2.28. The third-order valence-electron chi connectivity index (χ3n) is 4.38. The highest BCUT2D eigenvalue weighted by atomic mass is 16.3. The molecular weight excluding hydrogens is 278 g/mol. The van der Waals surface area contributed by atoms with Crippen LogP contribution in [0.3, 0.4) is 0 Å². The lowest BCUT2D eigenvalue weighted by atomic mass is 10.0. The molecule has 0 aromatic heterocycles. The molecule has 0 saturated heterocycles. The van der Waals surface area contributed by atoms with Gasteiger partial charge in [-0.3, -0.25) is 0 Å². The van der Waals surface area contributed by atoms with Crippen molar-refractivity contribution in [1.29, 1.82) is 0 Å². The Morgan fingerprint density at radius 1 is 1.23 bits per heavy atom. The second kappa shape index (κ2) is 7.61. The molecule has 0 bridgehead atoms. The lowest BCUT2D eigenvalue weighted by molar-refractivity contribution is 0.0500. The third-order valence-corrected chi connectivity index (χ3v) is 4.38. The first-order valence-electron chi connectivity index (χ1n) is 7.96. The van der Waals surface area contributed by atoms with Crippen molar-refractivity contribution < 1.29 is 9.90 Å². The maximum absolute atomic E-state index is 11.9. The van der Waals surface area contributed by atoms with Crippen LogP contribution in [-0.2, 0) is 0 Å². The van der Waals surface area contributed by atoms with Crippen molar-refractivity contribution in [2.24, 2.45) is 0 Å². The average molecular weight is 305 g/mol. The van der Waals surface area contributed by atoms with Crippen LogP contribution in [0.25, 0.3) is 0 Å². The van der Waals surface area contributed by atoms with E-state index in [2.05, 4.69) is 27.7 Å². The number of aliphatic hydroxyl groups is 1. The van der Waals surface area contributed by atoms with E-state index in [1.807, 2.05) is 32.3 Å². The Morgan fingerprint density at radius 2 is 1.86 bits per heavy atom. The minimum absolute atomic E-state index is 0.126. The zero-order valence-electron chi connectivity index (χ0n) is 13.5. The van der Waals surface area contributed by atoms with Crippen molar-refractivity contribution in [3.8, 4) is 0 Å². The van der Waals surface area contributed by atoms with E-state index in [-0.39, 0.29) is 12.1 Å². The monoisotopic (exact) mass is 305 g/mol. The molecule has 1 fully saturated rings. The molecule has 2 amide bonds. The number of benzene rings is 1. The van der Waals surface area contributed by atoms with Crippen LogP contribution in [0.2, 0.25) is 0 Å². The molecule has 5 heteroatoms. The van der Waals surface area contributed by atoms with Gasteiger partial charge in [0.15, 0.2) is 0 Å². The topological polar surface area (TPSA) is 64.6 Å². The molecule has 1 unspecified atom stereocenters. The van der Waals surface area contributed by atoms with Crippen molar-refractivity contribution in [2.75, 3.05) is 27.2 Å². The number of carbonyl (C=O) groups excluding carboxylic acids is 1. The van der Waals surface area contributed by atoms with Gasteiger partial charge in [0.1, 0.15) is 0 Å². The van der Waals surface area contributed by atoms with Gasteiger partial charge >= 0.3 is 6.03 Å². The third kappa shape index (κ3) is 4.71. The number of amides is 2. The Labute approximate surface area is 132 Å². The fourth-order valence-corrected chi connectivity index (χ4v) is 2.98. The predicted molar refractivity (Wildman–Crippen MR) is 87.7 cm³/mol. The van der Waals surface area contributed by atoms with Gasteiger partial charge in [-0.2, -0.15) is 0 Å². The van der Waals surface area contributed by atoms with Crippen LogP contribution < -0.4 is 10.6 Å². The SMILES string of the molecule is CN(C)C(CNC(=O)NCC1(O)CCCC1)c1ccccc1. The molecule has 0 heterocycles. The van der Waals surface area contributed by atoms with E-state index in [0.29, 0.717) is 13.1 Å². The van der Waals surface area contributed by atoms with Gasteiger partial charge in [0.25, 0.3) is 0 Å². The molecule has 1 aliphatic carbocycles. The van der Waals surface area contributed by atoms with Crippen molar-refractivity contribution in [1.82, 2.24) is 15.5 Å². The smallest absolute Gasteiger partial charge is 0.314 e. The van der Waals surface area contributed by atoms with Gasteiger partial charge < -0.3 is 20.6 Å². The highest BCUT2D eigenvalue weighted by molar-refractivity contribution is 5.74. The summed E-state index contributed by atoms with van der Waals surface area (Å²) in [5.41, 5.74) is 0.458. The first-order chi connectivity index (χ1) is 10.5. The molecule has 2 rings (SSSR count). The molecule has 0 radical (unpaired) electrons. The second-order valence-corrected chi connectivity index (χ2v) is 6.39. The van der Waals surface area contributed by atoms with Crippen molar-refractivity contribution in [2.45, 2.75) is 37.3 Å². The number of hydrogen-bond donors (Lipinski definition) is 3. The molecule has 1 atom stereocenters. The number of likely N-dealkylation sites (N-methyl/N-ethyl adjacent to an activating group) is 1. The van der Waals surface area contributed by atoms with E-state index in [9.17, 15) is 9.90 Å². The number of hydrogen-bond acceptors (Lipinski definition) is 3. The van der Waals surface area contributed by atoms with Gasteiger partial charge in [0.05, 0.1) is 11.6 Å². The van der Waals surface area contributed by atoms with Crippen LogP contribution in [0, 0.1) is 0 Å². The van der Waals surface area contributed by atoms with Crippen LogP contribution in [0.5, 0.6) is 0 Å². The second-order valence-electron chi connectivity index (χ2n) is 6.39. The summed E-state index contributed by atoms with van der Waals surface area (Å²) in [4.78, 5) is 14.0. The highest BCUT2D eigenvalue weighted by Gasteiger charge is 2.31. The quantitative estimate of drug-likeness (QED) is 0.752. The number of carbonyl (C=O) groups is 1. The van der Waals surface area contributed by atoms with Crippen molar-refractivity contribution in [3.63, 3.8) is 0 Å². The van der Waals surface area contributed by atoms with E-state index in [1.165, 1.54) is 5.56 Å². The molecule has 1 aliphatic rings. The van der Waals surface area contributed by atoms with Crippen LogP contribution in [0.1, 0.15) is 37.3 Å². The molecule has 5 nitrogen and oxygen atoms in total. The standard InChI is InChI=1S/C17H27N3O2/c1-20(2)15(14-8-4-3-5-9-14)12-18-16(21)19-13-17(22)10-6-7-11-17/h3-5,8-9,15,22H,6-7,10-13H2,1-2H3,(H2,18,19,21). The molecule has 122 valence electrons. The largest absolute Gasteiger partial charge is 0.388 e. The van der Waals surface area contributed by atoms with Gasteiger partial charge in [0.2, 0.25) is 0 Å². The number of nitrogens with zero attached hydrogens (tertiary/aromatic N) is 1. The summed E-state index contributed by atoms with van der Waals surface area (Å²) in [5.74, 6) is 0. The van der Waals surface area contributed by atoms with Crippen molar-refractivity contribution in [3.05, 3.63) is 35.9 Å². The lowest BCUT2D eigenvalue weighted by Gasteiger charge is -2.26. The fourth-order valence-electron chi connectivity index (χ4n) is 2.98. The molecule has 1 aromatic rings. The first kappa shape index (κ1) is 16.8. The Balaban J connectivity index is 1.81. The van der Waals surface area contributed by atoms with Crippen LogP contribution in [-0.4, -0.2) is 48.8 Å². The van der Waals surface area contributed by atoms with Gasteiger partial charge in [-0.15, -0.1) is 0 Å². The maximum Gasteiger partial charge on any atom is 0.314 e. The lowest BCUT2D eigenvalue weighted by Crippen LogP contribution is -2.46. The van der Waals surface area contributed by atoms with Crippen LogP contribution >= 0.6 is 0 Å². The molecule has 1 aromatic carbocycles. The summed E-state index contributed by atoms with van der Waals surface area (Å²) in [6.07, 6.45) is 3.63. The number of rotatable bonds is 6. The Morgan fingerprint density at radius 3 is 2.45 bits per heavy atom. The Kier molecular flexibility index (Phi) is 5.80. The molecule has 0 aliphatic heterocycles. The molecular formula is C17H27N3O2. The van der Waals surface area contributed by atoms with Crippen molar-refractivity contribution >= 4 is 6.03 Å². The van der Waals surface area contributed by atoms with E-state index in [0.717, 1.165) is 25.7 Å². The molecule has 22 heavy (non-hydrogen) atoms. The molecule has 3 N–H and O–H groups in total. The maximum atomic E-state index is 11.9. The van der Waals surface area contributed by atoms with Crippen LogP contribution in [0.15, 0.2) is 30.3 Å². The Hall–Kier alpha value is -1.59. The van der Waals surface area contributed by atoms with Gasteiger partial charge in [0, 0.05) is 13.1 Å². The average Bonchev–Trinajstić information content (AvgIpc) is 2.93. The van der Waals surface area contributed by atoms with Gasteiger partial charge in [-0.25, -0.2) is 4.79 Å². The fraction of sp³-hybridized carbons (Fsp3) is 0.588. The van der Waals surface area contributed by atoms with E-state index >= 15 is 0 Å². The van der Waals surface area contributed by atoms with Crippen LogP contribution in [0.4, 0.5) is 4.79 Å². The zero-order valence-corrected chi connectivity index (χ0v) is 13.5. The van der Waals surface area contributed by atoms with Gasteiger partial charge in [-0.05, 0) is 32.5 Å². The normalized spacial score (nSPS) is 18.2. The summed E-state index contributed by atoms with van der Waals surface area (Å²) in [6.45, 7) is 0.859. The summed E-state index contributed by atoms with van der Waals surface area (Å²) in [7, 11) is 4.00. The summed E-state index contributed by atoms with van der Waals surface area (Å²) >= 11 is 0. The zero-order chi connectivity index (χ0) is 16.0.